The molecule has 0 aliphatic rings. The Balaban J connectivity index is 2.49. The van der Waals surface area contributed by atoms with Crippen molar-refractivity contribution < 1.29 is 29.1 Å². The lowest BCUT2D eigenvalue weighted by atomic mass is 10.1. The summed E-state index contributed by atoms with van der Waals surface area (Å²) < 4.78 is 5.07. The van der Waals surface area contributed by atoms with Crippen LogP contribution in [0.5, 0.6) is 0 Å². The highest BCUT2D eigenvalue weighted by Crippen LogP contribution is 2.09. The van der Waals surface area contributed by atoms with Crippen LogP contribution in [-0.4, -0.2) is 46.3 Å². The summed E-state index contributed by atoms with van der Waals surface area (Å²) in [5.74, 6) is -1.45. The minimum atomic E-state index is -1.17. The van der Waals surface area contributed by atoms with Crippen LogP contribution in [0.4, 0.5) is 4.79 Å². The Morgan fingerprint density at radius 1 is 1.19 bits per heavy atom. The number of rotatable bonds is 9. The van der Waals surface area contributed by atoms with E-state index in [1.807, 2.05) is 30.3 Å². The van der Waals surface area contributed by atoms with Crippen molar-refractivity contribution in [3.05, 3.63) is 35.9 Å². The number of aliphatic carboxylic acids is 1. The van der Waals surface area contributed by atoms with Gasteiger partial charge in [0.05, 0.1) is 0 Å². The van der Waals surface area contributed by atoms with Crippen molar-refractivity contribution in [2.75, 3.05) is 6.54 Å². The second-order valence-electron chi connectivity index (χ2n) is 7.06. The Hall–Kier alpha value is -2.61. The number of hydroxylamine groups is 2. The van der Waals surface area contributed by atoms with Gasteiger partial charge in [-0.3, -0.25) is 9.63 Å². The number of alkyl carbamates (subject to hydrolysis) is 1. The molecule has 1 aromatic rings. The van der Waals surface area contributed by atoms with Gasteiger partial charge >= 0.3 is 12.1 Å². The number of hydrogen-bond acceptors (Lipinski definition) is 5. The monoisotopic (exact) mass is 380 g/mol. The molecule has 2 N–H and O–H groups in total. The fraction of sp³-hybridized carbons (Fsp3) is 0.526. The molecule has 0 heterocycles. The molecule has 1 rings (SSSR count). The van der Waals surface area contributed by atoms with Crippen molar-refractivity contribution in [3.63, 3.8) is 0 Å². The number of carboxylic acids is 1. The third-order valence-electron chi connectivity index (χ3n) is 3.42. The van der Waals surface area contributed by atoms with E-state index in [4.69, 9.17) is 9.57 Å². The van der Waals surface area contributed by atoms with Crippen LogP contribution < -0.4 is 5.32 Å². The van der Waals surface area contributed by atoms with Crippen LogP contribution in [0.15, 0.2) is 30.3 Å². The molecule has 0 unspecified atom stereocenters. The lowest BCUT2D eigenvalue weighted by Crippen LogP contribution is -2.44. The van der Waals surface area contributed by atoms with Crippen LogP contribution in [0.25, 0.3) is 0 Å². The molecule has 1 aromatic carbocycles. The molecular weight excluding hydrogens is 352 g/mol. The van der Waals surface area contributed by atoms with E-state index < -0.39 is 23.7 Å². The molecule has 8 nitrogen and oxygen atoms in total. The predicted molar refractivity (Wildman–Crippen MR) is 98.6 cm³/mol. The maximum absolute atomic E-state index is 11.8. The molecule has 0 saturated carbocycles. The Morgan fingerprint density at radius 3 is 2.33 bits per heavy atom. The zero-order valence-corrected chi connectivity index (χ0v) is 16.2. The molecule has 0 saturated heterocycles. The molecule has 0 aromatic heterocycles. The summed E-state index contributed by atoms with van der Waals surface area (Å²) >= 11 is 0. The third-order valence-corrected chi connectivity index (χ3v) is 3.42. The summed E-state index contributed by atoms with van der Waals surface area (Å²) in [6, 6.07) is 8.28. The lowest BCUT2D eigenvalue weighted by molar-refractivity contribution is -0.189. The highest BCUT2D eigenvalue weighted by molar-refractivity contribution is 5.80. The molecule has 27 heavy (non-hydrogen) atoms. The average Bonchev–Trinajstić information content (AvgIpc) is 2.55. The summed E-state index contributed by atoms with van der Waals surface area (Å²) in [6.45, 7) is 6.89. The molecule has 0 spiro atoms. The maximum atomic E-state index is 11.8. The van der Waals surface area contributed by atoms with Gasteiger partial charge in [0, 0.05) is 13.5 Å². The highest BCUT2D eigenvalue weighted by Gasteiger charge is 2.24. The number of amides is 2. The molecule has 0 aliphatic carbocycles. The predicted octanol–water partition coefficient (Wildman–Crippen LogP) is 2.72. The quantitative estimate of drug-likeness (QED) is 0.638. The summed E-state index contributed by atoms with van der Waals surface area (Å²) in [6.07, 6.45) is -0.326. The van der Waals surface area contributed by atoms with Crippen molar-refractivity contribution in [2.45, 2.75) is 58.8 Å². The van der Waals surface area contributed by atoms with Gasteiger partial charge in [-0.15, -0.1) is 0 Å². The van der Waals surface area contributed by atoms with E-state index in [-0.39, 0.29) is 25.5 Å². The number of carbonyl (C=O) groups is 3. The molecular formula is C19H28N2O6. The van der Waals surface area contributed by atoms with Crippen LogP contribution in [0.3, 0.4) is 0 Å². The second-order valence-corrected chi connectivity index (χ2v) is 7.06. The Kier molecular flexibility index (Phi) is 8.74. The van der Waals surface area contributed by atoms with Crippen LogP contribution in [0, 0.1) is 0 Å². The van der Waals surface area contributed by atoms with Crippen LogP contribution in [-0.2, 0) is 25.8 Å². The van der Waals surface area contributed by atoms with E-state index in [2.05, 4.69) is 5.32 Å². The number of nitrogens with zero attached hydrogens (tertiary/aromatic N) is 1. The van der Waals surface area contributed by atoms with E-state index in [0.717, 1.165) is 5.56 Å². The molecule has 0 bridgehead atoms. The normalized spacial score (nSPS) is 12.1. The van der Waals surface area contributed by atoms with E-state index in [9.17, 15) is 19.5 Å². The van der Waals surface area contributed by atoms with Gasteiger partial charge in [-0.1, -0.05) is 30.3 Å². The standard InChI is InChI=1S/C19H28N2O6/c1-14(22)21(26-13-15-9-6-5-7-10-15)12-8-11-16(17(23)24)20-18(25)27-19(2,3)4/h5-7,9-10,16H,8,11-13H2,1-4H3,(H,20,25)(H,23,24)/t16-/m0/s1. The first-order chi connectivity index (χ1) is 12.6. The number of hydrogen-bond donors (Lipinski definition) is 2. The number of carbonyl (C=O) groups excluding carboxylic acids is 2. The topological polar surface area (TPSA) is 105 Å². The van der Waals surface area contributed by atoms with E-state index in [0.29, 0.717) is 6.42 Å². The second kappa shape index (κ2) is 10.5. The van der Waals surface area contributed by atoms with Crippen molar-refractivity contribution >= 4 is 18.0 Å². The van der Waals surface area contributed by atoms with Gasteiger partial charge in [-0.25, -0.2) is 14.7 Å². The van der Waals surface area contributed by atoms with Gasteiger partial charge in [-0.2, -0.15) is 0 Å². The van der Waals surface area contributed by atoms with Crippen molar-refractivity contribution in [1.82, 2.24) is 10.4 Å². The van der Waals surface area contributed by atoms with Crippen LogP contribution in [0.2, 0.25) is 0 Å². The lowest BCUT2D eigenvalue weighted by Gasteiger charge is -2.23. The van der Waals surface area contributed by atoms with E-state index >= 15 is 0 Å². The summed E-state index contributed by atoms with van der Waals surface area (Å²) in [7, 11) is 0. The first kappa shape index (κ1) is 22.4. The first-order valence-corrected chi connectivity index (χ1v) is 8.76. The fourth-order valence-corrected chi connectivity index (χ4v) is 2.19. The Labute approximate surface area is 159 Å². The summed E-state index contributed by atoms with van der Waals surface area (Å²) in [5, 5.41) is 12.8. The van der Waals surface area contributed by atoms with Gasteiger partial charge in [-0.05, 0) is 39.2 Å². The average molecular weight is 380 g/mol. The molecule has 2 amide bonds. The van der Waals surface area contributed by atoms with Crippen LogP contribution >= 0.6 is 0 Å². The van der Waals surface area contributed by atoms with E-state index in [1.54, 1.807) is 20.8 Å². The highest BCUT2D eigenvalue weighted by atomic mass is 16.7. The minimum absolute atomic E-state index is 0.132. The van der Waals surface area contributed by atoms with Gasteiger partial charge < -0.3 is 15.2 Å². The van der Waals surface area contributed by atoms with Crippen molar-refractivity contribution in [3.8, 4) is 0 Å². The van der Waals surface area contributed by atoms with E-state index in [1.165, 1.54) is 12.0 Å². The smallest absolute Gasteiger partial charge is 0.408 e. The number of ether oxygens (including phenoxy) is 1. The molecule has 0 radical (unpaired) electrons. The number of nitrogens with one attached hydrogen (secondary N) is 1. The molecule has 8 heteroatoms. The number of benzene rings is 1. The largest absolute Gasteiger partial charge is 0.480 e. The van der Waals surface area contributed by atoms with Crippen molar-refractivity contribution in [1.29, 1.82) is 0 Å². The molecule has 0 fully saturated rings. The van der Waals surface area contributed by atoms with Gasteiger partial charge in [0.15, 0.2) is 0 Å². The maximum Gasteiger partial charge on any atom is 0.408 e. The van der Waals surface area contributed by atoms with Gasteiger partial charge in [0.2, 0.25) is 5.91 Å². The Bertz CT molecular complexity index is 627. The fourth-order valence-electron chi connectivity index (χ4n) is 2.19. The first-order valence-electron chi connectivity index (χ1n) is 8.76. The van der Waals surface area contributed by atoms with Gasteiger partial charge in [0.25, 0.3) is 0 Å². The van der Waals surface area contributed by atoms with Crippen LogP contribution in [0.1, 0.15) is 46.1 Å². The zero-order valence-electron chi connectivity index (χ0n) is 16.2. The Morgan fingerprint density at radius 2 is 1.81 bits per heavy atom. The summed E-state index contributed by atoms with van der Waals surface area (Å²) in [5.41, 5.74) is 0.197. The van der Waals surface area contributed by atoms with Crippen molar-refractivity contribution in [2.24, 2.45) is 0 Å². The molecule has 150 valence electrons. The minimum Gasteiger partial charge on any atom is -0.480 e. The summed E-state index contributed by atoms with van der Waals surface area (Å²) in [4.78, 5) is 40.3. The zero-order chi connectivity index (χ0) is 20.4. The number of carboxylic acid groups (broad SMARTS) is 1. The van der Waals surface area contributed by atoms with Gasteiger partial charge in [0.1, 0.15) is 18.2 Å². The molecule has 1 atom stereocenters. The molecule has 0 aliphatic heterocycles. The third kappa shape index (κ3) is 9.60. The SMILES string of the molecule is CC(=O)N(CCC[C@H](NC(=O)OC(C)(C)C)C(=O)O)OCc1ccccc1.